The minimum Gasteiger partial charge on any atom is -0.493 e. The summed E-state index contributed by atoms with van der Waals surface area (Å²) in [5, 5.41) is 9.92. The van der Waals surface area contributed by atoms with Crippen molar-refractivity contribution in [2.75, 3.05) is 20.8 Å². The van der Waals surface area contributed by atoms with E-state index in [0.29, 0.717) is 28.9 Å². The van der Waals surface area contributed by atoms with Crippen LogP contribution in [0, 0.1) is 0 Å². The topological polar surface area (TPSA) is 82.8 Å². The van der Waals surface area contributed by atoms with E-state index in [9.17, 15) is 9.90 Å². The number of hydrogen-bond donors (Lipinski definition) is 1. The fourth-order valence-electron chi connectivity index (χ4n) is 2.96. The van der Waals surface area contributed by atoms with Gasteiger partial charge in [0.2, 0.25) is 0 Å². The van der Waals surface area contributed by atoms with Crippen LogP contribution in [0.1, 0.15) is 11.4 Å². The Kier molecular flexibility index (Phi) is 6.38. The lowest BCUT2D eigenvalue weighted by molar-refractivity contribution is -0.144. The maximum Gasteiger partial charge on any atom is 0.310 e. The van der Waals surface area contributed by atoms with E-state index in [4.69, 9.17) is 25.8 Å². The average Bonchev–Trinajstić information content (AvgIpc) is 3.03. The van der Waals surface area contributed by atoms with Gasteiger partial charge in [-0.05, 0) is 35.9 Å². The molecule has 2 aromatic carbocycles. The fourth-order valence-corrected chi connectivity index (χ4v) is 3.13. The summed E-state index contributed by atoms with van der Waals surface area (Å²) in [7, 11) is 3.09. The molecular weight excluding hydrogens is 384 g/mol. The molecule has 3 aromatic rings. The van der Waals surface area contributed by atoms with Crippen LogP contribution in [0.3, 0.4) is 0 Å². The first-order valence-electron chi connectivity index (χ1n) is 8.67. The third kappa shape index (κ3) is 4.37. The van der Waals surface area contributed by atoms with Crippen LogP contribution in [0.5, 0.6) is 11.5 Å². The Morgan fingerprint density at radius 2 is 1.93 bits per heavy atom. The second-order valence-electron chi connectivity index (χ2n) is 6.06. The number of ether oxygens (including phenoxy) is 3. The van der Waals surface area contributed by atoms with Gasteiger partial charge in [-0.3, -0.25) is 4.79 Å². The molecule has 1 aromatic heterocycles. The summed E-state index contributed by atoms with van der Waals surface area (Å²) in [5.74, 6) is 1.30. The largest absolute Gasteiger partial charge is 0.493 e. The van der Waals surface area contributed by atoms with Crippen molar-refractivity contribution in [3.8, 4) is 11.5 Å². The molecule has 0 radical (unpaired) electrons. The highest BCUT2D eigenvalue weighted by molar-refractivity contribution is 6.31. The van der Waals surface area contributed by atoms with Gasteiger partial charge in [-0.25, -0.2) is 4.98 Å². The molecule has 0 bridgehead atoms. The summed E-state index contributed by atoms with van der Waals surface area (Å²) in [4.78, 5) is 16.8. The van der Waals surface area contributed by atoms with Crippen molar-refractivity contribution < 1.29 is 24.1 Å². The number of aromatic nitrogens is 2. The Hall–Kier alpha value is -2.77. The van der Waals surface area contributed by atoms with Gasteiger partial charge >= 0.3 is 5.97 Å². The van der Waals surface area contributed by atoms with Crippen molar-refractivity contribution in [1.82, 2.24) is 9.55 Å². The molecule has 7 nitrogen and oxygen atoms in total. The van der Waals surface area contributed by atoms with Crippen molar-refractivity contribution in [3.05, 3.63) is 52.8 Å². The number of fused-ring (bicyclic) bond motifs is 1. The quantitative estimate of drug-likeness (QED) is 0.581. The van der Waals surface area contributed by atoms with E-state index >= 15 is 0 Å². The molecule has 3 rings (SSSR count). The van der Waals surface area contributed by atoms with E-state index in [1.165, 1.54) is 7.11 Å². The predicted molar refractivity (Wildman–Crippen MR) is 105 cm³/mol. The van der Waals surface area contributed by atoms with Gasteiger partial charge in [-0.2, -0.15) is 0 Å². The number of nitrogens with zero attached hydrogens (tertiary/aromatic N) is 2. The molecule has 0 aliphatic heterocycles. The Morgan fingerprint density at radius 3 is 2.64 bits per heavy atom. The molecule has 0 spiro atoms. The lowest BCUT2D eigenvalue weighted by Gasteiger charge is -2.10. The minimum absolute atomic E-state index is 0.00157. The van der Waals surface area contributed by atoms with E-state index in [1.807, 2.05) is 0 Å². The zero-order valence-corrected chi connectivity index (χ0v) is 16.4. The molecule has 0 fully saturated rings. The number of aliphatic hydroxyl groups is 1. The van der Waals surface area contributed by atoms with E-state index < -0.39 is 5.97 Å². The summed E-state index contributed by atoms with van der Waals surface area (Å²) in [5.41, 5.74) is 2.26. The molecule has 1 heterocycles. The maximum absolute atomic E-state index is 12.3. The predicted octanol–water partition coefficient (Wildman–Crippen LogP) is 2.99. The lowest BCUT2D eigenvalue weighted by atomic mass is 10.1. The minimum atomic E-state index is -0.396. The molecule has 0 saturated carbocycles. The van der Waals surface area contributed by atoms with Gasteiger partial charge < -0.3 is 23.9 Å². The first-order chi connectivity index (χ1) is 13.5. The van der Waals surface area contributed by atoms with Gasteiger partial charge in [0.25, 0.3) is 0 Å². The van der Waals surface area contributed by atoms with Crippen LogP contribution in [0.4, 0.5) is 0 Å². The smallest absolute Gasteiger partial charge is 0.310 e. The standard InChI is InChI=1S/C20H21ClN2O5/c1-26-17-6-3-13(9-18(17)27-2)10-20(25)28-12-19-22-15-5-4-14(21)11-16(15)23(19)7-8-24/h3-6,9,11,24H,7-8,10,12H2,1-2H3. The number of aliphatic hydroxyl groups excluding tert-OH is 1. The highest BCUT2D eigenvalue weighted by atomic mass is 35.5. The molecule has 0 atom stereocenters. The Balaban J connectivity index is 1.71. The molecule has 28 heavy (non-hydrogen) atoms. The molecule has 0 aliphatic rings. The second kappa shape index (κ2) is 8.95. The van der Waals surface area contributed by atoms with Crippen LogP contribution in [0.2, 0.25) is 5.02 Å². The summed E-state index contributed by atoms with van der Waals surface area (Å²) >= 11 is 6.06. The first-order valence-corrected chi connectivity index (χ1v) is 9.05. The van der Waals surface area contributed by atoms with Gasteiger partial charge in [0.15, 0.2) is 11.5 Å². The van der Waals surface area contributed by atoms with Gasteiger partial charge in [0.1, 0.15) is 12.4 Å². The number of hydrogen-bond acceptors (Lipinski definition) is 6. The molecule has 0 amide bonds. The Bertz CT molecular complexity index is 986. The number of benzene rings is 2. The van der Waals surface area contributed by atoms with E-state index in [-0.39, 0.29) is 19.6 Å². The number of methoxy groups -OCH3 is 2. The van der Waals surface area contributed by atoms with Gasteiger partial charge in [0.05, 0.1) is 38.3 Å². The van der Waals surface area contributed by atoms with Crippen LogP contribution >= 0.6 is 11.6 Å². The van der Waals surface area contributed by atoms with E-state index in [2.05, 4.69) is 4.98 Å². The van der Waals surface area contributed by atoms with Crippen molar-refractivity contribution >= 4 is 28.6 Å². The zero-order valence-electron chi connectivity index (χ0n) is 15.6. The van der Waals surface area contributed by atoms with Crippen LogP contribution < -0.4 is 9.47 Å². The normalized spacial score (nSPS) is 10.9. The third-order valence-electron chi connectivity index (χ3n) is 4.27. The van der Waals surface area contributed by atoms with Crippen LogP contribution in [-0.2, 0) is 29.1 Å². The highest BCUT2D eigenvalue weighted by Crippen LogP contribution is 2.28. The molecular formula is C20H21ClN2O5. The number of rotatable bonds is 8. The number of halogens is 1. The molecule has 0 unspecified atom stereocenters. The summed E-state index contributed by atoms with van der Waals surface area (Å²) in [6.07, 6.45) is 0.0897. The Labute approximate surface area is 167 Å². The maximum atomic E-state index is 12.3. The molecule has 0 aliphatic carbocycles. The lowest BCUT2D eigenvalue weighted by Crippen LogP contribution is -2.13. The SMILES string of the molecule is COc1ccc(CC(=O)OCc2nc3ccc(Cl)cc3n2CCO)cc1OC. The van der Waals surface area contributed by atoms with Crippen LogP contribution in [-0.4, -0.2) is 41.5 Å². The van der Waals surface area contributed by atoms with Crippen molar-refractivity contribution in [2.45, 2.75) is 19.6 Å². The number of esters is 1. The van der Waals surface area contributed by atoms with Crippen molar-refractivity contribution in [2.24, 2.45) is 0 Å². The molecule has 0 saturated heterocycles. The molecule has 1 N–H and O–H groups in total. The highest BCUT2D eigenvalue weighted by Gasteiger charge is 2.14. The van der Waals surface area contributed by atoms with E-state index in [1.54, 1.807) is 48.1 Å². The van der Waals surface area contributed by atoms with Crippen molar-refractivity contribution in [3.63, 3.8) is 0 Å². The van der Waals surface area contributed by atoms with Gasteiger partial charge in [-0.1, -0.05) is 17.7 Å². The van der Waals surface area contributed by atoms with Crippen molar-refractivity contribution in [1.29, 1.82) is 0 Å². The average molecular weight is 405 g/mol. The third-order valence-corrected chi connectivity index (χ3v) is 4.51. The number of carbonyl (C=O) groups is 1. The summed E-state index contributed by atoms with van der Waals surface area (Å²) in [6.45, 7) is 0.266. The van der Waals surface area contributed by atoms with Gasteiger partial charge in [-0.15, -0.1) is 0 Å². The summed E-state index contributed by atoms with van der Waals surface area (Å²) in [6, 6.07) is 10.6. The first kappa shape index (κ1) is 20.0. The fraction of sp³-hybridized carbons (Fsp3) is 0.300. The Morgan fingerprint density at radius 1 is 1.14 bits per heavy atom. The molecule has 8 heteroatoms. The second-order valence-corrected chi connectivity index (χ2v) is 6.50. The number of carbonyl (C=O) groups excluding carboxylic acids is 1. The van der Waals surface area contributed by atoms with Crippen LogP contribution in [0.25, 0.3) is 11.0 Å². The zero-order chi connectivity index (χ0) is 20.1. The monoisotopic (exact) mass is 404 g/mol. The van der Waals surface area contributed by atoms with Crippen LogP contribution in [0.15, 0.2) is 36.4 Å². The van der Waals surface area contributed by atoms with E-state index in [0.717, 1.165) is 16.6 Å². The summed E-state index contributed by atoms with van der Waals surface area (Å²) < 4.78 is 17.6. The number of imidazole rings is 1. The van der Waals surface area contributed by atoms with Gasteiger partial charge in [0, 0.05) is 11.6 Å². The molecule has 148 valence electrons.